The summed E-state index contributed by atoms with van der Waals surface area (Å²) in [6.45, 7) is 2.27. The molecule has 0 radical (unpaired) electrons. The molecular weight excluding hydrogens is 442 g/mol. The van der Waals surface area contributed by atoms with Gasteiger partial charge in [0.25, 0.3) is 5.91 Å². The fraction of sp³-hybridized carbons (Fsp3) is 0.292. The van der Waals surface area contributed by atoms with E-state index in [0.29, 0.717) is 40.0 Å². The molecule has 2 N–H and O–H groups in total. The third-order valence-corrected chi connectivity index (χ3v) is 5.70. The van der Waals surface area contributed by atoms with Crippen LogP contribution in [0.3, 0.4) is 0 Å². The molecular formula is C24H27N3O5S. The van der Waals surface area contributed by atoms with Gasteiger partial charge >= 0.3 is 5.97 Å². The van der Waals surface area contributed by atoms with Crippen LogP contribution in [-0.4, -0.2) is 56.4 Å². The van der Waals surface area contributed by atoms with E-state index in [-0.39, 0.29) is 12.5 Å². The maximum atomic E-state index is 12.9. The molecule has 0 saturated carbocycles. The standard InChI is InChI=1S/C24H27N3O5S/c1-15-20(23(29)32-12-11-30-3)21(26-24(33)27(15)2)16-7-5-9-18(13-16)25-22(28)17-8-6-10-19(14-17)31-4/h5-10,13-14,21H,11-12H2,1-4H3,(H,25,28)(H,26,33). The van der Waals surface area contributed by atoms with Gasteiger partial charge in [0.15, 0.2) is 5.11 Å². The van der Waals surface area contributed by atoms with Crippen molar-refractivity contribution >= 4 is 34.9 Å². The first-order valence-electron chi connectivity index (χ1n) is 10.3. The van der Waals surface area contributed by atoms with Crippen LogP contribution in [0.15, 0.2) is 59.8 Å². The molecule has 1 unspecified atom stereocenters. The third kappa shape index (κ3) is 5.68. The van der Waals surface area contributed by atoms with Gasteiger partial charge in [-0.05, 0) is 55.0 Å². The summed E-state index contributed by atoms with van der Waals surface area (Å²) in [4.78, 5) is 27.4. The van der Waals surface area contributed by atoms with Gasteiger partial charge in [0.1, 0.15) is 12.4 Å². The highest BCUT2D eigenvalue weighted by atomic mass is 32.1. The molecule has 1 aliphatic heterocycles. The lowest BCUT2D eigenvalue weighted by Crippen LogP contribution is -2.46. The Morgan fingerprint density at radius 1 is 1.12 bits per heavy atom. The topological polar surface area (TPSA) is 89.1 Å². The molecule has 8 nitrogen and oxygen atoms in total. The Kier molecular flexibility index (Phi) is 8.02. The fourth-order valence-corrected chi connectivity index (χ4v) is 3.66. The number of anilines is 1. The molecule has 1 atom stereocenters. The molecule has 0 spiro atoms. The fourth-order valence-electron chi connectivity index (χ4n) is 3.41. The van der Waals surface area contributed by atoms with Crippen LogP contribution in [0.4, 0.5) is 5.69 Å². The highest BCUT2D eigenvalue weighted by molar-refractivity contribution is 7.80. The van der Waals surface area contributed by atoms with E-state index in [4.69, 9.17) is 26.4 Å². The molecule has 2 aromatic carbocycles. The Bertz CT molecular complexity index is 1090. The summed E-state index contributed by atoms with van der Waals surface area (Å²) in [5, 5.41) is 6.57. The molecule has 1 aliphatic rings. The lowest BCUT2D eigenvalue weighted by molar-refractivity contribution is -0.140. The van der Waals surface area contributed by atoms with Crippen LogP contribution < -0.4 is 15.4 Å². The van der Waals surface area contributed by atoms with Crippen molar-refractivity contribution in [3.63, 3.8) is 0 Å². The number of nitrogens with zero attached hydrogens (tertiary/aromatic N) is 1. The first-order valence-corrected chi connectivity index (χ1v) is 10.7. The van der Waals surface area contributed by atoms with Gasteiger partial charge in [-0.2, -0.15) is 0 Å². The molecule has 1 amide bonds. The average molecular weight is 470 g/mol. The minimum absolute atomic E-state index is 0.142. The second-order valence-corrected chi connectivity index (χ2v) is 7.77. The Balaban J connectivity index is 1.87. The zero-order chi connectivity index (χ0) is 24.0. The molecule has 0 aromatic heterocycles. The van der Waals surface area contributed by atoms with Crippen molar-refractivity contribution in [1.29, 1.82) is 0 Å². The second kappa shape index (κ2) is 10.9. The molecule has 174 valence electrons. The number of rotatable bonds is 8. The van der Waals surface area contributed by atoms with Gasteiger partial charge < -0.3 is 29.7 Å². The van der Waals surface area contributed by atoms with Crippen LogP contribution in [0.5, 0.6) is 5.75 Å². The SMILES string of the molecule is COCCOC(=O)C1=C(C)N(C)C(=S)NC1c1cccc(NC(=O)c2cccc(OC)c2)c1. The Morgan fingerprint density at radius 2 is 1.88 bits per heavy atom. The van der Waals surface area contributed by atoms with E-state index < -0.39 is 12.0 Å². The highest BCUT2D eigenvalue weighted by Gasteiger charge is 2.33. The first-order chi connectivity index (χ1) is 15.8. The minimum Gasteiger partial charge on any atom is -0.497 e. The maximum Gasteiger partial charge on any atom is 0.338 e. The normalized spacial score (nSPS) is 15.7. The van der Waals surface area contributed by atoms with Crippen LogP contribution in [0.1, 0.15) is 28.9 Å². The number of hydrogen-bond donors (Lipinski definition) is 2. The smallest absolute Gasteiger partial charge is 0.338 e. The zero-order valence-corrected chi connectivity index (χ0v) is 19.8. The van der Waals surface area contributed by atoms with Crippen LogP contribution in [0.25, 0.3) is 0 Å². The summed E-state index contributed by atoms with van der Waals surface area (Å²) >= 11 is 5.45. The molecule has 0 aliphatic carbocycles. The lowest BCUT2D eigenvalue weighted by Gasteiger charge is -2.35. The van der Waals surface area contributed by atoms with Crippen LogP contribution in [0, 0.1) is 0 Å². The number of esters is 1. The third-order valence-electron chi connectivity index (χ3n) is 5.30. The van der Waals surface area contributed by atoms with Gasteiger partial charge in [-0.15, -0.1) is 0 Å². The number of carbonyl (C=O) groups excluding carboxylic acids is 2. The number of nitrogens with one attached hydrogen (secondary N) is 2. The summed E-state index contributed by atoms with van der Waals surface area (Å²) in [6.07, 6.45) is 0. The number of benzene rings is 2. The Morgan fingerprint density at radius 3 is 2.61 bits per heavy atom. The summed E-state index contributed by atoms with van der Waals surface area (Å²) in [7, 11) is 4.88. The van der Waals surface area contributed by atoms with Crippen molar-refractivity contribution in [3.05, 3.63) is 70.9 Å². The van der Waals surface area contributed by atoms with Crippen molar-refractivity contribution in [1.82, 2.24) is 10.2 Å². The summed E-state index contributed by atoms with van der Waals surface area (Å²) in [5.74, 6) is -0.135. The molecule has 33 heavy (non-hydrogen) atoms. The van der Waals surface area contributed by atoms with Gasteiger partial charge in [0.2, 0.25) is 0 Å². The number of thiocarbonyl (C=S) groups is 1. The second-order valence-electron chi connectivity index (χ2n) is 7.38. The Labute approximate surface area is 198 Å². The van der Waals surface area contributed by atoms with Crippen molar-refractivity contribution in [2.24, 2.45) is 0 Å². The van der Waals surface area contributed by atoms with Crippen LogP contribution in [0.2, 0.25) is 0 Å². The number of ether oxygens (including phenoxy) is 3. The maximum absolute atomic E-state index is 12.9. The monoisotopic (exact) mass is 469 g/mol. The number of allylic oxidation sites excluding steroid dienone is 1. The van der Waals surface area contributed by atoms with Crippen molar-refractivity contribution < 1.29 is 23.8 Å². The number of hydrogen-bond acceptors (Lipinski definition) is 6. The number of carbonyl (C=O) groups is 2. The van der Waals surface area contributed by atoms with Crippen molar-refractivity contribution in [2.75, 3.05) is 39.8 Å². The quantitative estimate of drug-likeness (QED) is 0.346. The largest absolute Gasteiger partial charge is 0.497 e. The predicted molar refractivity (Wildman–Crippen MR) is 129 cm³/mol. The Hall–Kier alpha value is -3.43. The van der Waals surface area contributed by atoms with Crippen LogP contribution in [-0.2, 0) is 14.3 Å². The van der Waals surface area contributed by atoms with E-state index in [1.807, 2.05) is 19.1 Å². The molecule has 0 fully saturated rings. The summed E-state index contributed by atoms with van der Waals surface area (Å²) in [6, 6.07) is 13.6. The zero-order valence-electron chi connectivity index (χ0n) is 19.0. The summed E-state index contributed by atoms with van der Waals surface area (Å²) < 4.78 is 15.6. The molecule has 9 heteroatoms. The lowest BCUT2D eigenvalue weighted by atomic mass is 9.95. The molecule has 2 aromatic rings. The van der Waals surface area contributed by atoms with Crippen molar-refractivity contribution in [3.8, 4) is 5.75 Å². The van der Waals surface area contributed by atoms with Crippen LogP contribution >= 0.6 is 12.2 Å². The molecule has 1 heterocycles. The van der Waals surface area contributed by atoms with E-state index >= 15 is 0 Å². The predicted octanol–water partition coefficient (Wildman–Crippen LogP) is 3.27. The van der Waals surface area contributed by atoms with Gasteiger partial charge in [0.05, 0.1) is 25.3 Å². The summed E-state index contributed by atoms with van der Waals surface area (Å²) in [5.41, 5.74) is 2.94. The van der Waals surface area contributed by atoms with E-state index in [1.165, 1.54) is 0 Å². The van der Waals surface area contributed by atoms with Gasteiger partial charge in [-0.3, -0.25) is 4.79 Å². The highest BCUT2D eigenvalue weighted by Crippen LogP contribution is 2.32. The number of amides is 1. The molecule has 3 rings (SSSR count). The minimum atomic E-state index is -0.530. The van der Waals surface area contributed by atoms with Gasteiger partial charge in [-0.25, -0.2) is 4.79 Å². The van der Waals surface area contributed by atoms with E-state index in [0.717, 1.165) is 5.56 Å². The van der Waals surface area contributed by atoms with Gasteiger partial charge in [0, 0.05) is 31.1 Å². The van der Waals surface area contributed by atoms with Gasteiger partial charge in [-0.1, -0.05) is 18.2 Å². The first kappa shape index (κ1) is 24.2. The van der Waals surface area contributed by atoms with Crippen molar-refractivity contribution in [2.45, 2.75) is 13.0 Å². The number of methoxy groups -OCH3 is 2. The average Bonchev–Trinajstić information content (AvgIpc) is 2.82. The van der Waals surface area contributed by atoms with E-state index in [2.05, 4.69) is 10.6 Å². The van der Waals surface area contributed by atoms with E-state index in [9.17, 15) is 9.59 Å². The van der Waals surface area contributed by atoms with E-state index in [1.54, 1.807) is 62.6 Å². The molecule has 0 saturated heterocycles. The molecule has 0 bridgehead atoms.